The Bertz CT molecular complexity index is 230. The summed E-state index contributed by atoms with van der Waals surface area (Å²) in [6.45, 7) is 2.26. The average molecular weight is 221 g/mol. The Labute approximate surface area is 98.5 Å². The number of rotatable bonds is 8. The molecule has 0 unspecified atom stereocenters. The standard InChI is InChI=1S/C14H21S/c1-2-3-4-8-12-15-13-11-14-9-6-5-7-10-14/h6-7,9-10H,2-4,8,11-13H2,1H3. The molecular weight excluding hydrogens is 200 g/mol. The molecule has 1 aromatic carbocycles. The third kappa shape index (κ3) is 6.62. The van der Waals surface area contributed by atoms with E-state index in [0.29, 0.717) is 0 Å². The lowest BCUT2D eigenvalue weighted by molar-refractivity contribution is 0.706. The molecule has 0 N–H and O–H groups in total. The number of hydrogen-bond donors (Lipinski definition) is 0. The lowest BCUT2D eigenvalue weighted by Crippen LogP contribution is -1.89. The van der Waals surface area contributed by atoms with Crippen LogP contribution in [0.15, 0.2) is 24.3 Å². The Hall–Kier alpha value is -0.430. The van der Waals surface area contributed by atoms with Crippen LogP contribution in [-0.2, 0) is 6.42 Å². The molecule has 83 valence electrons. The second-order valence-corrected chi connectivity index (χ2v) is 5.06. The first-order chi connectivity index (χ1) is 7.43. The summed E-state index contributed by atoms with van der Waals surface area (Å²) >= 11 is 2.09. The number of thioether (sulfide) groups is 1. The predicted octanol–water partition coefficient (Wildman–Crippen LogP) is 4.34. The quantitative estimate of drug-likeness (QED) is 0.588. The van der Waals surface area contributed by atoms with Crippen molar-refractivity contribution in [3.8, 4) is 0 Å². The van der Waals surface area contributed by atoms with E-state index in [2.05, 4.69) is 36.9 Å². The first-order valence-corrected chi connectivity index (χ1v) is 7.11. The predicted molar refractivity (Wildman–Crippen MR) is 70.4 cm³/mol. The highest BCUT2D eigenvalue weighted by molar-refractivity contribution is 7.99. The molecule has 0 amide bonds. The zero-order chi connectivity index (χ0) is 10.8. The second kappa shape index (κ2) is 8.84. The summed E-state index contributed by atoms with van der Waals surface area (Å²) in [5.74, 6) is 2.59. The van der Waals surface area contributed by atoms with Crippen molar-refractivity contribution in [1.29, 1.82) is 0 Å². The van der Waals surface area contributed by atoms with E-state index < -0.39 is 0 Å². The van der Waals surface area contributed by atoms with E-state index >= 15 is 0 Å². The maximum atomic E-state index is 3.05. The van der Waals surface area contributed by atoms with Gasteiger partial charge in [-0.1, -0.05) is 50.5 Å². The van der Waals surface area contributed by atoms with E-state index in [1.165, 1.54) is 49.2 Å². The molecule has 0 aromatic heterocycles. The monoisotopic (exact) mass is 221 g/mol. The van der Waals surface area contributed by atoms with Crippen LogP contribution in [0.4, 0.5) is 0 Å². The first-order valence-electron chi connectivity index (χ1n) is 5.96. The highest BCUT2D eigenvalue weighted by Crippen LogP contribution is 2.10. The van der Waals surface area contributed by atoms with Crippen LogP contribution < -0.4 is 0 Å². The summed E-state index contributed by atoms with van der Waals surface area (Å²) in [5.41, 5.74) is 1.44. The summed E-state index contributed by atoms with van der Waals surface area (Å²) in [5, 5.41) is 0. The Morgan fingerprint density at radius 2 is 1.87 bits per heavy atom. The smallest absolute Gasteiger partial charge is 0.00270 e. The average Bonchev–Trinajstić information content (AvgIpc) is 2.29. The zero-order valence-corrected chi connectivity index (χ0v) is 10.5. The number of hydrogen-bond acceptors (Lipinski definition) is 1. The number of benzene rings is 1. The largest absolute Gasteiger partial charge is 0.162 e. The minimum Gasteiger partial charge on any atom is -0.162 e. The SMILES string of the molecule is CCCCCCSCCc1cc[c]cc1. The highest BCUT2D eigenvalue weighted by Gasteiger charge is 1.93. The van der Waals surface area contributed by atoms with E-state index in [1.807, 2.05) is 12.1 Å². The molecule has 0 nitrogen and oxygen atoms in total. The van der Waals surface area contributed by atoms with Crippen LogP contribution in [-0.4, -0.2) is 11.5 Å². The number of aryl methyl sites for hydroxylation is 1. The minimum atomic E-state index is 1.20. The lowest BCUT2D eigenvalue weighted by atomic mass is 10.2. The van der Waals surface area contributed by atoms with Gasteiger partial charge in [-0.25, -0.2) is 0 Å². The topological polar surface area (TPSA) is 0 Å². The molecule has 15 heavy (non-hydrogen) atoms. The fraction of sp³-hybridized carbons (Fsp3) is 0.571. The van der Waals surface area contributed by atoms with Gasteiger partial charge in [-0.2, -0.15) is 11.8 Å². The van der Waals surface area contributed by atoms with Crippen LogP contribution in [0.5, 0.6) is 0 Å². The van der Waals surface area contributed by atoms with Gasteiger partial charge >= 0.3 is 0 Å². The van der Waals surface area contributed by atoms with E-state index in [9.17, 15) is 0 Å². The van der Waals surface area contributed by atoms with E-state index in [1.54, 1.807) is 0 Å². The van der Waals surface area contributed by atoms with Crippen molar-refractivity contribution in [3.05, 3.63) is 35.9 Å². The maximum absolute atomic E-state index is 3.05. The van der Waals surface area contributed by atoms with Crippen molar-refractivity contribution < 1.29 is 0 Å². The fourth-order valence-electron chi connectivity index (χ4n) is 1.51. The van der Waals surface area contributed by atoms with Gasteiger partial charge in [-0.05, 0) is 36.0 Å². The summed E-state index contributed by atoms with van der Waals surface area (Å²) in [6, 6.07) is 11.4. The van der Waals surface area contributed by atoms with Crippen molar-refractivity contribution >= 4 is 11.8 Å². The molecule has 0 bridgehead atoms. The van der Waals surface area contributed by atoms with Crippen molar-refractivity contribution in [3.63, 3.8) is 0 Å². The Morgan fingerprint density at radius 1 is 1.07 bits per heavy atom. The molecule has 0 aliphatic heterocycles. The summed E-state index contributed by atoms with van der Waals surface area (Å²) < 4.78 is 0. The van der Waals surface area contributed by atoms with Gasteiger partial charge in [0.2, 0.25) is 0 Å². The number of unbranched alkanes of at least 4 members (excludes halogenated alkanes) is 3. The van der Waals surface area contributed by atoms with Crippen LogP contribution in [0.2, 0.25) is 0 Å². The Morgan fingerprint density at radius 3 is 2.60 bits per heavy atom. The van der Waals surface area contributed by atoms with Crippen LogP contribution in [0.1, 0.15) is 38.2 Å². The van der Waals surface area contributed by atoms with Gasteiger partial charge in [0, 0.05) is 0 Å². The molecule has 0 heterocycles. The normalized spacial score (nSPS) is 10.5. The molecule has 1 heteroatoms. The maximum Gasteiger partial charge on any atom is -0.00270 e. The van der Waals surface area contributed by atoms with Crippen LogP contribution in [0.25, 0.3) is 0 Å². The molecule has 0 saturated heterocycles. The van der Waals surface area contributed by atoms with Crippen LogP contribution in [0.3, 0.4) is 0 Å². The molecule has 0 atom stereocenters. The van der Waals surface area contributed by atoms with Gasteiger partial charge in [0.1, 0.15) is 0 Å². The molecule has 1 radical (unpaired) electrons. The Balaban J connectivity index is 1.93. The molecule has 0 spiro atoms. The first kappa shape index (κ1) is 12.6. The third-order valence-electron chi connectivity index (χ3n) is 2.46. The van der Waals surface area contributed by atoms with Crippen molar-refractivity contribution in [2.45, 2.75) is 39.0 Å². The van der Waals surface area contributed by atoms with Crippen molar-refractivity contribution in [2.75, 3.05) is 11.5 Å². The second-order valence-electron chi connectivity index (χ2n) is 3.83. The van der Waals surface area contributed by atoms with Gasteiger partial charge in [-0.3, -0.25) is 0 Å². The Kier molecular flexibility index (Phi) is 7.45. The van der Waals surface area contributed by atoms with E-state index in [4.69, 9.17) is 0 Å². The van der Waals surface area contributed by atoms with Gasteiger partial charge in [0.05, 0.1) is 0 Å². The van der Waals surface area contributed by atoms with Crippen molar-refractivity contribution in [1.82, 2.24) is 0 Å². The molecule has 0 aliphatic rings. The van der Waals surface area contributed by atoms with Gasteiger partial charge in [0.15, 0.2) is 0 Å². The van der Waals surface area contributed by atoms with Gasteiger partial charge in [0.25, 0.3) is 0 Å². The molecule has 1 rings (SSSR count). The summed E-state index contributed by atoms with van der Waals surface area (Å²) in [6.07, 6.45) is 6.73. The van der Waals surface area contributed by atoms with Gasteiger partial charge < -0.3 is 0 Å². The molecule has 0 fully saturated rings. The molecule has 0 saturated carbocycles. The van der Waals surface area contributed by atoms with E-state index in [-0.39, 0.29) is 0 Å². The zero-order valence-electron chi connectivity index (χ0n) is 9.67. The highest BCUT2D eigenvalue weighted by atomic mass is 32.2. The minimum absolute atomic E-state index is 1.20. The molecular formula is C14H21S. The lowest BCUT2D eigenvalue weighted by Gasteiger charge is -2.01. The van der Waals surface area contributed by atoms with Crippen LogP contribution >= 0.6 is 11.8 Å². The summed E-state index contributed by atoms with van der Waals surface area (Å²) in [7, 11) is 0. The van der Waals surface area contributed by atoms with Crippen molar-refractivity contribution in [2.24, 2.45) is 0 Å². The molecule has 0 aliphatic carbocycles. The fourth-order valence-corrected chi connectivity index (χ4v) is 2.50. The van der Waals surface area contributed by atoms with E-state index in [0.717, 1.165) is 0 Å². The third-order valence-corrected chi connectivity index (χ3v) is 3.53. The summed E-state index contributed by atoms with van der Waals surface area (Å²) in [4.78, 5) is 0. The van der Waals surface area contributed by atoms with Gasteiger partial charge in [-0.15, -0.1) is 0 Å². The molecule has 1 aromatic rings. The van der Waals surface area contributed by atoms with Crippen LogP contribution in [0, 0.1) is 6.07 Å².